The molecule has 0 aromatic heterocycles. The van der Waals surface area contributed by atoms with E-state index < -0.39 is 0 Å². The summed E-state index contributed by atoms with van der Waals surface area (Å²) in [5, 5.41) is 20.6. The Labute approximate surface area is 139 Å². The van der Waals surface area contributed by atoms with Gasteiger partial charge in [0.1, 0.15) is 0 Å². The van der Waals surface area contributed by atoms with E-state index in [0.29, 0.717) is 17.3 Å². The van der Waals surface area contributed by atoms with Crippen LogP contribution in [0, 0.1) is 34.5 Å². The molecule has 126 valence electrons. The molecule has 4 aliphatic carbocycles. The predicted octanol–water partition coefficient (Wildman–Crippen LogP) is 3.97. The zero-order valence-electron chi connectivity index (χ0n) is 14.0. The largest absolute Gasteiger partial charge is 0.393 e. The van der Waals surface area contributed by atoms with Crippen LogP contribution in [0.2, 0.25) is 0 Å². The van der Waals surface area contributed by atoms with Crippen molar-refractivity contribution in [2.75, 3.05) is 0 Å². The lowest BCUT2D eigenvalue weighted by Gasteiger charge is -2.60. The predicted molar refractivity (Wildman–Crippen MR) is 88.8 cm³/mol. The zero-order valence-corrected chi connectivity index (χ0v) is 14.7. The van der Waals surface area contributed by atoms with Crippen LogP contribution in [0.1, 0.15) is 65.2 Å². The molecule has 9 atom stereocenters. The second-order valence-corrected chi connectivity index (χ2v) is 9.89. The van der Waals surface area contributed by atoms with Gasteiger partial charge in [-0.1, -0.05) is 13.8 Å². The molecule has 0 aromatic rings. The minimum Gasteiger partial charge on any atom is -0.393 e. The summed E-state index contributed by atoms with van der Waals surface area (Å²) in [6.07, 6.45) is 8.75. The maximum Gasteiger partial charge on any atom is 0.0760 e. The first-order valence-electron chi connectivity index (χ1n) is 9.36. The van der Waals surface area contributed by atoms with Crippen molar-refractivity contribution < 1.29 is 10.2 Å². The highest BCUT2D eigenvalue weighted by Crippen LogP contribution is 2.66. The molecule has 4 aliphatic rings. The molecule has 3 heteroatoms. The van der Waals surface area contributed by atoms with Gasteiger partial charge in [-0.15, -0.1) is 11.6 Å². The number of rotatable bonds is 0. The third kappa shape index (κ3) is 1.99. The molecule has 0 heterocycles. The van der Waals surface area contributed by atoms with Crippen molar-refractivity contribution in [1.29, 1.82) is 0 Å². The molecule has 0 radical (unpaired) electrons. The van der Waals surface area contributed by atoms with Crippen molar-refractivity contribution in [3.05, 3.63) is 0 Å². The van der Waals surface area contributed by atoms with Crippen LogP contribution in [0.3, 0.4) is 0 Å². The van der Waals surface area contributed by atoms with Gasteiger partial charge in [0.15, 0.2) is 0 Å². The van der Waals surface area contributed by atoms with Gasteiger partial charge >= 0.3 is 0 Å². The average molecular weight is 327 g/mol. The summed E-state index contributed by atoms with van der Waals surface area (Å²) in [5.41, 5.74) is 0.462. The summed E-state index contributed by atoms with van der Waals surface area (Å²) < 4.78 is 0. The smallest absolute Gasteiger partial charge is 0.0760 e. The number of halogens is 1. The van der Waals surface area contributed by atoms with E-state index in [1.165, 1.54) is 25.7 Å². The van der Waals surface area contributed by atoms with Crippen LogP contribution < -0.4 is 0 Å². The fourth-order valence-corrected chi connectivity index (χ4v) is 7.66. The first-order chi connectivity index (χ1) is 10.4. The molecule has 2 N–H and O–H groups in total. The van der Waals surface area contributed by atoms with Gasteiger partial charge in [0.25, 0.3) is 0 Å². The van der Waals surface area contributed by atoms with Gasteiger partial charge in [0, 0.05) is 0 Å². The van der Waals surface area contributed by atoms with Crippen molar-refractivity contribution in [1.82, 2.24) is 0 Å². The monoisotopic (exact) mass is 326 g/mol. The highest BCUT2D eigenvalue weighted by molar-refractivity contribution is 6.21. The third-order valence-corrected chi connectivity index (χ3v) is 8.99. The molecule has 2 nitrogen and oxygen atoms in total. The molecule has 0 saturated heterocycles. The van der Waals surface area contributed by atoms with Gasteiger partial charge < -0.3 is 10.2 Å². The first kappa shape index (κ1) is 15.7. The number of alkyl halides is 1. The summed E-state index contributed by atoms with van der Waals surface area (Å²) >= 11 is 6.47. The van der Waals surface area contributed by atoms with E-state index in [9.17, 15) is 10.2 Å². The fraction of sp³-hybridized carbons (Fsp3) is 1.00. The van der Waals surface area contributed by atoms with Gasteiger partial charge in [-0.3, -0.25) is 0 Å². The minimum absolute atomic E-state index is 0.0466. The van der Waals surface area contributed by atoms with Crippen LogP contribution in [-0.2, 0) is 0 Å². The lowest BCUT2D eigenvalue weighted by molar-refractivity contribution is -0.133. The normalized spacial score (nSPS) is 61.2. The Kier molecular flexibility index (Phi) is 3.65. The third-order valence-electron chi connectivity index (χ3n) is 8.57. The maximum absolute atomic E-state index is 10.6. The van der Waals surface area contributed by atoms with Crippen molar-refractivity contribution >= 4 is 11.6 Å². The maximum atomic E-state index is 10.6. The summed E-state index contributed by atoms with van der Waals surface area (Å²) in [7, 11) is 0. The van der Waals surface area contributed by atoms with E-state index in [4.69, 9.17) is 11.6 Å². The Hall–Kier alpha value is 0.210. The molecule has 0 spiro atoms. The molecule has 0 bridgehead atoms. The number of aliphatic hydroxyl groups is 2. The van der Waals surface area contributed by atoms with Crippen molar-refractivity contribution in [3.63, 3.8) is 0 Å². The topological polar surface area (TPSA) is 40.5 Å². The second kappa shape index (κ2) is 5.10. The van der Waals surface area contributed by atoms with Crippen LogP contribution in [0.25, 0.3) is 0 Å². The summed E-state index contributed by atoms with van der Waals surface area (Å²) in [6.45, 7) is 4.80. The number of aliphatic hydroxyl groups excluding tert-OH is 2. The number of hydrogen-bond acceptors (Lipinski definition) is 2. The van der Waals surface area contributed by atoms with E-state index in [2.05, 4.69) is 13.8 Å². The van der Waals surface area contributed by atoms with Gasteiger partial charge in [0.05, 0.1) is 17.6 Å². The Morgan fingerprint density at radius 3 is 2.36 bits per heavy atom. The molecular formula is C19H31ClO2. The van der Waals surface area contributed by atoms with E-state index in [1.54, 1.807) is 0 Å². The van der Waals surface area contributed by atoms with Gasteiger partial charge in [-0.05, 0) is 85.9 Å². The van der Waals surface area contributed by atoms with E-state index in [-0.39, 0.29) is 23.0 Å². The minimum atomic E-state index is -0.321. The SMILES string of the molecule is C[C@]12CC[C@H]3[C@@H](CCC4C[C@H](O)CC[C@@]43C)[C@@H]1C[C@@H](Cl)[C@@H]2O. The van der Waals surface area contributed by atoms with Gasteiger partial charge in [0.2, 0.25) is 0 Å². The molecule has 0 aromatic carbocycles. The van der Waals surface area contributed by atoms with Crippen molar-refractivity contribution in [2.45, 2.75) is 82.8 Å². The first-order valence-corrected chi connectivity index (χ1v) is 9.80. The summed E-state index contributed by atoms with van der Waals surface area (Å²) in [4.78, 5) is 0. The van der Waals surface area contributed by atoms with E-state index in [0.717, 1.165) is 37.5 Å². The second-order valence-electron chi connectivity index (χ2n) is 9.33. The van der Waals surface area contributed by atoms with E-state index >= 15 is 0 Å². The molecule has 0 aliphatic heterocycles. The molecule has 4 rings (SSSR count). The molecule has 1 unspecified atom stereocenters. The Balaban J connectivity index is 1.63. The molecule has 22 heavy (non-hydrogen) atoms. The summed E-state index contributed by atoms with van der Waals surface area (Å²) in [6, 6.07) is 0. The standard InChI is InChI=1S/C19H31ClO2/c1-18-7-5-12(21)9-11(18)3-4-13-14(18)6-8-19(2)15(13)10-16(20)17(19)22/h11-17,21-22H,3-10H2,1-2H3/t11?,12-,13-,14+,15+,16-,17+,18+,19+/m1/s1. The molecule has 4 fully saturated rings. The lowest BCUT2D eigenvalue weighted by atomic mass is 9.45. The average Bonchev–Trinajstić information content (AvgIpc) is 2.72. The highest BCUT2D eigenvalue weighted by Gasteiger charge is 2.61. The van der Waals surface area contributed by atoms with Crippen molar-refractivity contribution in [3.8, 4) is 0 Å². The fourth-order valence-electron chi connectivity index (χ4n) is 7.18. The number of hydrogen-bond donors (Lipinski definition) is 2. The molecular weight excluding hydrogens is 296 g/mol. The van der Waals surface area contributed by atoms with Crippen LogP contribution in [0.4, 0.5) is 0 Å². The lowest BCUT2D eigenvalue weighted by Crippen LogP contribution is -2.54. The van der Waals surface area contributed by atoms with Crippen LogP contribution >= 0.6 is 11.6 Å². The van der Waals surface area contributed by atoms with Gasteiger partial charge in [-0.2, -0.15) is 0 Å². The van der Waals surface area contributed by atoms with E-state index in [1.807, 2.05) is 0 Å². The van der Waals surface area contributed by atoms with Crippen molar-refractivity contribution in [2.24, 2.45) is 34.5 Å². The quantitative estimate of drug-likeness (QED) is 0.661. The Bertz CT molecular complexity index is 455. The zero-order chi connectivity index (χ0) is 15.7. The Morgan fingerprint density at radius 1 is 0.864 bits per heavy atom. The number of fused-ring (bicyclic) bond motifs is 5. The highest BCUT2D eigenvalue weighted by atomic mass is 35.5. The van der Waals surface area contributed by atoms with Gasteiger partial charge in [-0.25, -0.2) is 0 Å². The van der Waals surface area contributed by atoms with Crippen LogP contribution in [0.5, 0.6) is 0 Å². The summed E-state index contributed by atoms with van der Waals surface area (Å²) in [5.74, 6) is 2.84. The van der Waals surface area contributed by atoms with Crippen LogP contribution in [0.15, 0.2) is 0 Å². The van der Waals surface area contributed by atoms with Crippen LogP contribution in [-0.4, -0.2) is 27.8 Å². The molecule has 4 saturated carbocycles. The Morgan fingerprint density at radius 2 is 1.59 bits per heavy atom. The molecule has 0 amide bonds.